The molecule has 7 nitrogen and oxygen atoms in total. The van der Waals surface area contributed by atoms with Gasteiger partial charge in [-0.1, -0.05) is 29.3 Å². The van der Waals surface area contributed by atoms with Crippen LogP contribution in [0.15, 0.2) is 52.4 Å². The molecule has 2 aromatic carbocycles. The van der Waals surface area contributed by atoms with Crippen LogP contribution in [-0.4, -0.2) is 21.9 Å². The first-order valence-electron chi connectivity index (χ1n) is 8.40. The van der Waals surface area contributed by atoms with Crippen LogP contribution in [0, 0.1) is 24.1 Å². The summed E-state index contributed by atoms with van der Waals surface area (Å²) in [6.07, 6.45) is 1.31. The van der Waals surface area contributed by atoms with Gasteiger partial charge in [0.05, 0.1) is 16.9 Å². The van der Waals surface area contributed by atoms with Gasteiger partial charge in [-0.25, -0.2) is 9.82 Å². The predicted molar refractivity (Wildman–Crippen MR) is 111 cm³/mol. The summed E-state index contributed by atoms with van der Waals surface area (Å²) >= 11 is 11.9. The first-order chi connectivity index (χ1) is 14.3. The van der Waals surface area contributed by atoms with Crippen LogP contribution >= 0.6 is 23.2 Å². The molecular weight excluding hydrogens is 432 g/mol. The topological polar surface area (TPSA) is 100 Å². The SMILES string of the molecule is Cc1c(C(=O)N/N=C/c2ccc(Cl)cc2Cl)nn(-c2ccc(F)cc2)c(=O)c1C#N. The maximum atomic E-state index is 13.2. The van der Waals surface area contributed by atoms with E-state index in [0.717, 1.165) is 16.8 Å². The lowest BCUT2D eigenvalue weighted by Crippen LogP contribution is -2.31. The highest BCUT2D eigenvalue weighted by atomic mass is 35.5. The molecule has 30 heavy (non-hydrogen) atoms. The van der Waals surface area contributed by atoms with Crippen LogP contribution in [0.25, 0.3) is 5.69 Å². The molecule has 3 aromatic rings. The highest BCUT2D eigenvalue weighted by Gasteiger charge is 2.20. The first kappa shape index (κ1) is 21.2. The van der Waals surface area contributed by atoms with Crippen LogP contribution in [0.1, 0.15) is 27.2 Å². The number of rotatable bonds is 4. The predicted octanol–water partition coefficient (Wildman–Crippen LogP) is 3.62. The van der Waals surface area contributed by atoms with Crippen molar-refractivity contribution in [3.05, 3.63) is 91.1 Å². The number of carbonyl (C=O) groups is 1. The monoisotopic (exact) mass is 443 g/mol. The molecule has 0 unspecified atom stereocenters. The van der Waals surface area contributed by atoms with Crippen molar-refractivity contribution in [1.82, 2.24) is 15.2 Å². The second-order valence-electron chi connectivity index (χ2n) is 6.02. The molecular formula is C20H12Cl2FN5O2. The Labute approximate surface area is 180 Å². The third kappa shape index (κ3) is 4.38. The molecule has 150 valence electrons. The van der Waals surface area contributed by atoms with E-state index in [1.54, 1.807) is 18.2 Å². The van der Waals surface area contributed by atoms with Crippen molar-refractivity contribution in [2.75, 3.05) is 0 Å². The molecule has 1 heterocycles. The average molecular weight is 444 g/mol. The van der Waals surface area contributed by atoms with Gasteiger partial charge in [0.25, 0.3) is 11.5 Å². The van der Waals surface area contributed by atoms with E-state index in [-0.39, 0.29) is 22.5 Å². The zero-order valence-electron chi connectivity index (χ0n) is 15.4. The van der Waals surface area contributed by atoms with E-state index >= 15 is 0 Å². The van der Waals surface area contributed by atoms with Crippen LogP contribution in [-0.2, 0) is 0 Å². The van der Waals surface area contributed by atoms with Crippen molar-refractivity contribution in [2.45, 2.75) is 6.92 Å². The van der Waals surface area contributed by atoms with Crippen molar-refractivity contribution in [3.63, 3.8) is 0 Å². The van der Waals surface area contributed by atoms with Crippen molar-refractivity contribution in [1.29, 1.82) is 5.26 Å². The summed E-state index contributed by atoms with van der Waals surface area (Å²) in [6.45, 7) is 1.43. The molecule has 0 spiro atoms. The van der Waals surface area contributed by atoms with Gasteiger partial charge in [-0.15, -0.1) is 0 Å². The van der Waals surface area contributed by atoms with Crippen LogP contribution in [0.3, 0.4) is 0 Å². The van der Waals surface area contributed by atoms with Crippen molar-refractivity contribution < 1.29 is 9.18 Å². The number of nitrogens with one attached hydrogen (secondary N) is 1. The molecule has 1 N–H and O–H groups in total. The zero-order valence-corrected chi connectivity index (χ0v) is 16.9. The zero-order chi connectivity index (χ0) is 21.8. The van der Waals surface area contributed by atoms with Gasteiger partial charge in [0, 0.05) is 16.1 Å². The summed E-state index contributed by atoms with van der Waals surface area (Å²) in [4.78, 5) is 25.1. The van der Waals surface area contributed by atoms with Gasteiger partial charge >= 0.3 is 0 Å². The van der Waals surface area contributed by atoms with Gasteiger partial charge in [-0.3, -0.25) is 9.59 Å². The van der Waals surface area contributed by atoms with E-state index < -0.39 is 17.3 Å². The molecule has 0 aliphatic rings. The molecule has 0 fully saturated rings. The summed E-state index contributed by atoms with van der Waals surface area (Å²) in [5.41, 5.74) is 1.91. The summed E-state index contributed by atoms with van der Waals surface area (Å²) in [7, 11) is 0. The van der Waals surface area contributed by atoms with E-state index in [1.807, 2.05) is 0 Å². The fourth-order valence-corrected chi connectivity index (χ4v) is 2.99. The minimum Gasteiger partial charge on any atom is -0.266 e. The molecule has 0 saturated heterocycles. The van der Waals surface area contributed by atoms with Crippen molar-refractivity contribution >= 4 is 35.3 Å². The number of amides is 1. The number of hydrogen-bond acceptors (Lipinski definition) is 5. The van der Waals surface area contributed by atoms with Crippen LogP contribution in [0.5, 0.6) is 0 Å². The Kier molecular flexibility index (Phi) is 6.26. The molecule has 0 saturated carbocycles. The Morgan fingerprint density at radius 2 is 1.97 bits per heavy atom. The number of nitriles is 1. The molecule has 0 radical (unpaired) electrons. The van der Waals surface area contributed by atoms with Crippen LogP contribution < -0.4 is 11.0 Å². The van der Waals surface area contributed by atoms with E-state index in [9.17, 15) is 19.2 Å². The van der Waals surface area contributed by atoms with Gasteiger partial charge in [-0.05, 0) is 43.3 Å². The fourth-order valence-electron chi connectivity index (χ4n) is 2.53. The third-order valence-corrected chi connectivity index (χ3v) is 4.63. The summed E-state index contributed by atoms with van der Waals surface area (Å²) < 4.78 is 14.1. The second kappa shape index (κ2) is 8.86. The Morgan fingerprint density at radius 1 is 1.27 bits per heavy atom. The first-order valence-corrected chi connectivity index (χ1v) is 9.16. The lowest BCUT2D eigenvalue weighted by molar-refractivity contribution is 0.0947. The summed E-state index contributed by atoms with van der Waals surface area (Å²) in [5.74, 6) is -1.26. The maximum absolute atomic E-state index is 13.2. The van der Waals surface area contributed by atoms with E-state index in [1.165, 1.54) is 31.3 Å². The molecule has 3 rings (SSSR count). The average Bonchev–Trinajstić information content (AvgIpc) is 2.71. The van der Waals surface area contributed by atoms with Gasteiger partial charge in [-0.2, -0.15) is 20.1 Å². The van der Waals surface area contributed by atoms with E-state index in [0.29, 0.717) is 15.6 Å². The van der Waals surface area contributed by atoms with E-state index in [2.05, 4.69) is 15.6 Å². The Hall–Kier alpha value is -3.54. The lowest BCUT2D eigenvalue weighted by Gasteiger charge is -2.10. The number of hydrazone groups is 1. The maximum Gasteiger partial charge on any atom is 0.292 e. The number of benzene rings is 2. The summed E-state index contributed by atoms with van der Waals surface area (Å²) in [6, 6.07) is 11.4. The standard InChI is InChI=1S/C20H12Cl2FN5O2/c1-11-16(9-24)20(30)28(15-6-4-14(23)5-7-15)27-18(11)19(29)26-25-10-12-2-3-13(21)8-17(12)22/h2-8,10H,1H3,(H,26,29)/b25-10+. The molecule has 1 aromatic heterocycles. The Bertz CT molecular complexity index is 1260. The number of hydrogen-bond donors (Lipinski definition) is 1. The minimum atomic E-state index is -0.749. The van der Waals surface area contributed by atoms with Gasteiger partial charge < -0.3 is 0 Å². The number of carbonyl (C=O) groups excluding carboxylic acids is 1. The van der Waals surface area contributed by atoms with Gasteiger partial charge in [0.2, 0.25) is 0 Å². The van der Waals surface area contributed by atoms with Crippen molar-refractivity contribution in [2.24, 2.45) is 5.10 Å². The largest absolute Gasteiger partial charge is 0.292 e. The molecule has 0 atom stereocenters. The van der Waals surface area contributed by atoms with Gasteiger partial charge in [0.1, 0.15) is 17.4 Å². The number of aromatic nitrogens is 2. The number of halogens is 3. The van der Waals surface area contributed by atoms with Gasteiger partial charge in [0.15, 0.2) is 5.69 Å². The second-order valence-corrected chi connectivity index (χ2v) is 6.86. The highest BCUT2D eigenvalue weighted by Crippen LogP contribution is 2.19. The lowest BCUT2D eigenvalue weighted by atomic mass is 10.1. The van der Waals surface area contributed by atoms with Crippen LogP contribution in [0.2, 0.25) is 10.0 Å². The quantitative estimate of drug-likeness (QED) is 0.491. The minimum absolute atomic E-state index is 0.0955. The molecule has 1 amide bonds. The summed E-state index contributed by atoms with van der Waals surface area (Å²) in [5, 5.41) is 18.0. The van der Waals surface area contributed by atoms with Crippen molar-refractivity contribution in [3.8, 4) is 11.8 Å². The normalized spacial score (nSPS) is 10.8. The highest BCUT2D eigenvalue weighted by molar-refractivity contribution is 6.36. The third-order valence-electron chi connectivity index (χ3n) is 4.07. The fraction of sp³-hybridized carbons (Fsp3) is 0.0500. The molecule has 0 bridgehead atoms. The molecule has 0 aliphatic heterocycles. The van der Waals surface area contributed by atoms with E-state index in [4.69, 9.17) is 23.2 Å². The van der Waals surface area contributed by atoms with Crippen LogP contribution in [0.4, 0.5) is 4.39 Å². The molecule has 0 aliphatic carbocycles. The number of nitrogens with zero attached hydrogens (tertiary/aromatic N) is 4. The Balaban J connectivity index is 1.96. The smallest absolute Gasteiger partial charge is 0.266 e. The Morgan fingerprint density at radius 3 is 2.60 bits per heavy atom. The molecule has 10 heteroatoms.